The van der Waals surface area contributed by atoms with Crippen LogP contribution in [0, 0.1) is 6.92 Å². The van der Waals surface area contributed by atoms with Crippen molar-refractivity contribution in [3.63, 3.8) is 0 Å². The third-order valence-electron chi connectivity index (χ3n) is 5.94. The topological polar surface area (TPSA) is 64.4 Å². The van der Waals surface area contributed by atoms with E-state index in [0.29, 0.717) is 6.42 Å². The Morgan fingerprint density at radius 2 is 1.97 bits per heavy atom. The minimum Gasteiger partial charge on any atom is -0.344 e. The molecule has 3 heterocycles. The monoisotopic (exact) mass is 427 g/mol. The Morgan fingerprint density at radius 3 is 2.70 bits per heavy atom. The zero-order chi connectivity index (χ0) is 21.3. The second kappa shape index (κ2) is 8.49. The van der Waals surface area contributed by atoms with E-state index in [-0.39, 0.29) is 12.5 Å². The Hall–Kier alpha value is -2.22. The fourth-order valence-electron chi connectivity index (χ4n) is 4.47. The van der Waals surface area contributed by atoms with Crippen molar-refractivity contribution in [3.05, 3.63) is 65.1 Å². The molecule has 3 aromatic rings. The van der Waals surface area contributed by atoms with Gasteiger partial charge in [0, 0.05) is 61.0 Å². The highest BCUT2D eigenvalue weighted by atomic mass is 32.2. The maximum absolute atomic E-state index is 11.5. The van der Waals surface area contributed by atoms with E-state index in [1.54, 1.807) is 12.4 Å². The third-order valence-corrected chi connectivity index (χ3v) is 6.54. The predicted molar refractivity (Wildman–Crippen MR) is 119 cm³/mol. The molecule has 1 unspecified atom stereocenters. The van der Waals surface area contributed by atoms with Crippen molar-refractivity contribution >= 4 is 21.0 Å². The first-order valence-corrected chi connectivity index (χ1v) is 12.2. The van der Waals surface area contributed by atoms with Crippen LogP contribution in [-0.4, -0.2) is 49.3 Å². The van der Waals surface area contributed by atoms with Crippen molar-refractivity contribution in [1.82, 2.24) is 14.5 Å². The van der Waals surface area contributed by atoms with E-state index >= 15 is 0 Å². The SMILES string of the molecule is Cc1ccc2c(c1)c1c(n2CC(CCOS(C)(=O)=O)c2ccncc2)CCN(C)C1. The summed E-state index contributed by atoms with van der Waals surface area (Å²) in [6, 6.07) is 10.7. The van der Waals surface area contributed by atoms with Crippen LogP contribution in [-0.2, 0) is 33.8 Å². The molecule has 0 amide bonds. The first kappa shape index (κ1) is 21.0. The second-order valence-corrected chi connectivity index (χ2v) is 9.98. The highest BCUT2D eigenvalue weighted by molar-refractivity contribution is 7.85. The number of rotatable bonds is 7. The first-order chi connectivity index (χ1) is 14.3. The van der Waals surface area contributed by atoms with Gasteiger partial charge in [-0.05, 0) is 55.8 Å². The molecule has 2 aromatic heterocycles. The Kier molecular flexibility index (Phi) is 5.95. The van der Waals surface area contributed by atoms with Crippen LogP contribution in [0.15, 0.2) is 42.7 Å². The van der Waals surface area contributed by atoms with Crippen molar-refractivity contribution < 1.29 is 12.6 Å². The summed E-state index contributed by atoms with van der Waals surface area (Å²) in [7, 11) is -1.28. The summed E-state index contributed by atoms with van der Waals surface area (Å²) in [5.41, 5.74) is 6.49. The number of hydrogen-bond acceptors (Lipinski definition) is 5. The van der Waals surface area contributed by atoms with Crippen LogP contribution >= 0.6 is 0 Å². The summed E-state index contributed by atoms with van der Waals surface area (Å²) in [6.45, 7) is 5.10. The van der Waals surface area contributed by atoms with Crippen LogP contribution < -0.4 is 0 Å². The molecule has 30 heavy (non-hydrogen) atoms. The molecule has 1 atom stereocenters. The van der Waals surface area contributed by atoms with Crippen molar-refractivity contribution in [1.29, 1.82) is 0 Å². The zero-order valence-electron chi connectivity index (χ0n) is 17.8. The molecule has 1 aliphatic rings. The number of pyridine rings is 1. The van der Waals surface area contributed by atoms with Gasteiger partial charge in [0.15, 0.2) is 0 Å². The normalized spacial score (nSPS) is 16.0. The molecule has 1 aliphatic heterocycles. The molecule has 6 nitrogen and oxygen atoms in total. The molecular weight excluding hydrogens is 398 g/mol. The average molecular weight is 428 g/mol. The third kappa shape index (κ3) is 4.58. The Morgan fingerprint density at radius 1 is 1.20 bits per heavy atom. The van der Waals surface area contributed by atoms with E-state index in [4.69, 9.17) is 4.18 Å². The predicted octanol–water partition coefficient (Wildman–Crippen LogP) is 3.48. The molecule has 0 fully saturated rings. The van der Waals surface area contributed by atoms with Crippen molar-refractivity contribution in [3.8, 4) is 0 Å². The first-order valence-electron chi connectivity index (χ1n) is 10.4. The number of nitrogens with zero attached hydrogens (tertiary/aromatic N) is 3. The average Bonchev–Trinajstić information content (AvgIpc) is 2.99. The van der Waals surface area contributed by atoms with Gasteiger partial charge in [0.1, 0.15) is 0 Å². The van der Waals surface area contributed by atoms with Gasteiger partial charge in [-0.25, -0.2) is 0 Å². The molecule has 0 spiro atoms. The molecule has 7 heteroatoms. The Balaban J connectivity index is 1.72. The van der Waals surface area contributed by atoms with Crippen LogP contribution in [0.3, 0.4) is 0 Å². The van der Waals surface area contributed by atoms with Crippen LogP contribution in [0.5, 0.6) is 0 Å². The Labute approximate surface area is 178 Å². The molecule has 1 aromatic carbocycles. The van der Waals surface area contributed by atoms with E-state index in [9.17, 15) is 8.42 Å². The Bertz CT molecular complexity index is 1140. The van der Waals surface area contributed by atoms with E-state index < -0.39 is 10.1 Å². The molecule has 0 saturated carbocycles. The van der Waals surface area contributed by atoms with Crippen molar-refractivity contribution in [2.45, 2.75) is 38.8 Å². The number of aromatic nitrogens is 2. The largest absolute Gasteiger partial charge is 0.344 e. The molecule has 0 saturated heterocycles. The highest BCUT2D eigenvalue weighted by Crippen LogP contribution is 2.34. The van der Waals surface area contributed by atoms with Crippen LogP contribution in [0.25, 0.3) is 10.9 Å². The van der Waals surface area contributed by atoms with Crippen molar-refractivity contribution in [2.24, 2.45) is 0 Å². The summed E-state index contributed by atoms with van der Waals surface area (Å²) < 4.78 is 30.4. The van der Waals surface area contributed by atoms with Gasteiger partial charge >= 0.3 is 0 Å². The smallest absolute Gasteiger partial charge is 0.264 e. The molecule has 0 bridgehead atoms. The molecule has 0 radical (unpaired) electrons. The summed E-state index contributed by atoms with van der Waals surface area (Å²) in [4.78, 5) is 6.51. The van der Waals surface area contributed by atoms with Gasteiger partial charge in [-0.2, -0.15) is 8.42 Å². The van der Waals surface area contributed by atoms with Gasteiger partial charge < -0.3 is 9.47 Å². The molecule has 0 aliphatic carbocycles. The molecular formula is C23H29N3O3S. The fraction of sp³-hybridized carbons (Fsp3) is 0.435. The number of benzene rings is 1. The zero-order valence-corrected chi connectivity index (χ0v) is 18.7. The standard InChI is InChI=1S/C23H29N3O3S/c1-17-4-5-22-20(14-17)21-16-25(2)12-8-23(21)26(22)15-19(9-13-29-30(3,27)28)18-6-10-24-11-7-18/h4-7,10-11,14,19H,8-9,12-13,15-16H2,1-3H3. The van der Waals surface area contributed by atoms with Gasteiger partial charge in [0.2, 0.25) is 0 Å². The lowest BCUT2D eigenvalue weighted by molar-refractivity contribution is 0.292. The van der Waals surface area contributed by atoms with Gasteiger partial charge in [-0.15, -0.1) is 0 Å². The quantitative estimate of drug-likeness (QED) is 0.540. The van der Waals surface area contributed by atoms with E-state index in [1.165, 1.54) is 27.7 Å². The lowest BCUT2D eigenvalue weighted by Crippen LogP contribution is -2.27. The highest BCUT2D eigenvalue weighted by Gasteiger charge is 2.24. The molecule has 4 rings (SSSR count). The second-order valence-electron chi connectivity index (χ2n) is 8.34. The maximum atomic E-state index is 11.5. The summed E-state index contributed by atoms with van der Waals surface area (Å²) in [5.74, 6) is 0.135. The van der Waals surface area contributed by atoms with Crippen molar-refractivity contribution in [2.75, 3.05) is 26.5 Å². The maximum Gasteiger partial charge on any atom is 0.264 e. The van der Waals surface area contributed by atoms with Gasteiger partial charge in [-0.3, -0.25) is 9.17 Å². The van der Waals surface area contributed by atoms with Gasteiger partial charge in [-0.1, -0.05) is 11.6 Å². The minimum atomic E-state index is -3.45. The molecule has 0 N–H and O–H groups in total. The number of aryl methyl sites for hydroxylation is 1. The van der Waals surface area contributed by atoms with Crippen LogP contribution in [0.1, 0.15) is 34.7 Å². The summed E-state index contributed by atoms with van der Waals surface area (Å²) in [5, 5.41) is 1.33. The van der Waals surface area contributed by atoms with Gasteiger partial charge in [0.25, 0.3) is 10.1 Å². The number of fused-ring (bicyclic) bond motifs is 3. The van der Waals surface area contributed by atoms with Crippen LogP contribution in [0.2, 0.25) is 0 Å². The van der Waals surface area contributed by atoms with Gasteiger partial charge in [0.05, 0.1) is 12.9 Å². The summed E-state index contributed by atoms with van der Waals surface area (Å²) >= 11 is 0. The lowest BCUT2D eigenvalue weighted by atomic mass is 9.96. The minimum absolute atomic E-state index is 0.135. The van der Waals surface area contributed by atoms with E-state index in [1.807, 2.05) is 12.1 Å². The molecule has 160 valence electrons. The van der Waals surface area contributed by atoms with E-state index in [0.717, 1.165) is 37.9 Å². The van der Waals surface area contributed by atoms with Crippen LogP contribution in [0.4, 0.5) is 0 Å². The number of likely N-dealkylation sites (N-methyl/N-ethyl adjacent to an activating group) is 1. The number of hydrogen-bond donors (Lipinski definition) is 0. The fourth-order valence-corrected chi connectivity index (χ4v) is 4.87. The van der Waals surface area contributed by atoms with E-state index in [2.05, 4.69) is 46.6 Å². The summed E-state index contributed by atoms with van der Waals surface area (Å²) in [6.07, 6.45) is 6.32. The lowest BCUT2D eigenvalue weighted by Gasteiger charge is -2.26.